The number of hydrogen-bond donors (Lipinski definition) is 1. The average Bonchev–Trinajstić information content (AvgIpc) is 2.67. The first kappa shape index (κ1) is 21.5. The van der Waals surface area contributed by atoms with Gasteiger partial charge < -0.3 is 14.9 Å². The number of aliphatic hydroxyl groups excluding tert-OH is 1. The van der Waals surface area contributed by atoms with Gasteiger partial charge >= 0.3 is 0 Å². The Hall–Kier alpha value is -0.700. The first-order valence-corrected chi connectivity index (χ1v) is 11.3. The maximum absolute atomic E-state index is 15.2. The van der Waals surface area contributed by atoms with E-state index in [2.05, 4.69) is 26.0 Å². The number of aliphatic hydroxyl groups is 1. The molecule has 3 heterocycles. The first-order valence-electron chi connectivity index (χ1n) is 9.03. The van der Waals surface area contributed by atoms with E-state index in [4.69, 9.17) is 11.6 Å². The highest BCUT2D eigenvalue weighted by molar-refractivity contribution is 14.1. The number of nitrogens with zero attached hydrogens (tertiary/aromatic N) is 4. The minimum absolute atomic E-state index is 0.00751. The van der Waals surface area contributed by atoms with Gasteiger partial charge in [0.05, 0.1) is 40.7 Å². The maximum atomic E-state index is 15.2. The SMILES string of the molecule is Cc1c(Cl)cc2c3c(c(=O)n(I)c2c1F)N(CCO)C(=O)C1CN(I)C(C)CN31. The summed E-state index contributed by atoms with van der Waals surface area (Å²) < 4.78 is 18.4. The van der Waals surface area contributed by atoms with Crippen LogP contribution in [0.1, 0.15) is 12.5 Å². The molecule has 1 fully saturated rings. The van der Waals surface area contributed by atoms with Crippen molar-refractivity contribution < 1.29 is 14.3 Å². The molecule has 1 aromatic carbocycles. The molecule has 0 saturated carbocycles. The Morgan fingerprint density at radius 3 is 2.62 bits per heavy atom. The highest BCUT2D eigenvalue weighted by Crippen LogP contribution is 2.44. The summed E-state index contributed by atoms with van der Waals surface area (Å²) in [4.78, 5) is 29.7. The van der Waals surface area contributed by atoms with Crippen molar-refractivity contribution in [1.29, 1.82) is 0 Å². The second kappa shape index (κ2) is 7.77. The molecule has 0 bridgehead atoms. The second-order valence-electron chi connectivity index (χ2n) is 7.29. The molecule has 156 valence electrons. The molecule has 0 radical (unpaired) electrons. The summed E-state index contributed by atoms with van der Waals surface area (Å²) in [6.07, 6.45) is 0. The summed E-state index contributed by atoms with van der Waals surface area (Å²) in [6.45, 7) is 4.27. The van der Waals surface area contributed by atoms with Crippen molar-refractivity contribution in [3.05, 3.63) is 32.8 Å². The third kappa shape index (κ3) is 3.17. The van der Waals surface area contributed by atoms with Crippen molar-refractivity contribution in [1.82, 2.24) is 5.89 Å². The van der Waals surface area contributed by atoms with Crippen LogP contribution in [0.3, 0.4) is 0 Å². The minimum Gasteiger partial charge on any atom is -0.395 e. The lowest BCUT2D eigenvalue weighted by atomic mass is 9.99. The van der Waals surface area contributed by atoms with Crippen LogP contribution in [0.5, 0.6) is 0 Å². The topological polar surface area (TPSA) is 69.0 Å². The molecule has 1 saturated heterocycles. The van der Waals surface area contributed by atoms with Crippen molar-refractivity contribution in [3.8, 4) is 0 Å². The van der Waals surface area contributed by atoms with Gasteiger partial charge in [0.1, 0.15) is 11.7 Å². The molecule has 2 aliphatic heterocycles. The predicted molar refractivity (Wildman–Crippen MR) is 128 cm³/mol. The normalized spacial score (nSPS) is 22.2. The number of halogens is 4. The van der Waals surface area contributed by atoms with Crippen LogP contribution < -0.4 is 15.4 Å². The lowest BCUT2D eigenvalue weighted by Crippen LogP contribution is -2.64. The van der Waals surface area contributed by atoms with Gasteiger partial charge in [-0.2, -0.15) is 0 Å². The highest BCUT2D eigenvalue weighted by atomic mass is 127. The van der Waals surface area contributed by atoms with Crippen molar-refractivity contribution in [2.45, 2.75) is 25.9 Å². The molecular weight excluding hydrogens is 628 g/mol. The Labute approximate surface area is 199 Å². The van der Waals surface area contributed by atoms with Gasteiger partial charge in [-0.15, -0.1) is 0 Å². The Morgan fingerprint density at radius 2 is 1.97 bits per heavy atom. The Bertz CT molecular complexity index is 1100. The van der Waals surface area contributed by atoms with Gasteiger partial charge in [-0.1, -0.05) is 11.6 Å². The Morgan fingerprint density at radius 1 is 1.28 bits per heavy atom. The maximum Gasteiger partial charge on any atom is 0.286 e. The van der Waals surface area contributed by atoms with Gasteiger partial charge in [-0.05, 0) is 19.9 Å². The number of rotatable bonds is 2. The zero-order chi connectivity index (χ0) is 21.2. The number of pyridine rings is 1. The van der Waals surface area contributed by atoms with Crippen molar-refractivity contribution in [2.24, 2.45) is 0 Å². The number of carbonyl (C=O) groups excluding carboxylic acids is 1. The summed E-state index contributed by atoms with van der Waals surface area (Å²) in [7, 11) is 0. The van der Waals surface area contributed by atoms with E-state index >= 15 is 4.39 Å². The Kier molecular flexibility index (Phi) is 5.77. The van der Waals surface area contributed by atoms with Crippen molar-refractivity contribution in [2.75, 3.05) is 36.0 Å². The molecule has 0 aliphatic carbocycles. The number of aromatic nitrogens is 1. The van der Waals surface area contributed by atoms with Crippen LogP contribution in [-0.2, 0) is 4.79 Å². The summed E-state index contributed by atoms with van der Waals surface area (Å²) in [5.74, 6) is -0.795. The summed E-state index contributed by atoms with van der Waals surface area (Å²) in [6, 6.07) is 1.26. The molecule has 29 heavy (non-hydrogen) atoms. The van der Waals surface area contributed by atoms with Crippen molar-refractivity contribution in [3.63, 3.8) is 0 Å². The van der Waals surface area contributed by atoms with Gasteiger partial charge in [0.25, 0.3) is 11.5 Å². The molecule has 1 N–H and O–H groups in total. The van der Waals surface area contributed by atoms with Crippen LogP contribution in [-0.4, -0.2) is 55.2 Å². The highest BCUT2D eigenvalue weighted by Gasteiger charge is 2.45. The zero-order valence-corrected chi connectivity index (χ0v) is 20.7. The van der Waals surface area contributed by atoms with E-state index < -0.39 is 17.4 Å². The van der Waals surface area contributed by atoms with Gasteiger partial charge in [0, 0.05) is 64.5 Å². The molecule has 7 nitrogen and oxygen atoms in total. The number of amides is 1. The number of carbonyl (C=O) groups is 1. The van der Waals surface area contributed by atoms with Crippen LogP contribution in [0.15, 0.2) is 10.9 Å². The quantitative estimate of drug-likeness (QED) is 0.402. The average molecular weight is 647 g/mol. The van der Waals surface area contributed by atoms with Gasteiger partial charge in [0.2, 0.25) is 0 Å². The summed E-state index contributed by atoms with van der Waals surface area (Å²) in [5.41, 5.74) is 0.602. The number of β-amino-alcohol motifs (C(OH)–C–C–N with tert-alkyl or cyclic N) is 1. The molecule has 0 spiro atoms. The molecule has 2 aromatic rings. The predicted octanol–water partition coefficient (Wildman–Crippen LogP) is 2.87. The van der Waals surface area contributed by atoms with Crippen molar-refractivity contribution >= 4 is 85.5 Å². The lowest BCUT2D eigenvalue weighted by Gasteiger charge is -2.49. The van der Waals surface area contributed by atoms with E-state index in [1.54, 1.807) is 35.9 Å². The van der Waals surface area contributed by atoms with E-state index in [0.29, 0.717) is 24.2 Å². The molecule has 1 aromatic heterocycles. The summed E-state index contributed by atoms with van der Waals surface area (Å²) >= 11 is 10.3. The number of fused-ring (bicyclic) bond motifs is 5. The Balaban J connectivity index is 2.13. The first-order chi connectivity index (χ1) is 13.7. The van der Waals surface area contributed by atoms with Crippen LogP contribution >= 0.6 is 57.3 Å². The fraction of sp³-hybridized carbons (Fsp3) is 0.444. The van der Waals surface area contributed by atoms with Gasteiger partial charge in [-0.3, -0.25) is 9.59 Å². The number of piperazine rings is 1. The number of benzene rings is 1. The number of anilines is 2. The largest absolute Gasteiger partial charge is 0.395 e. The molecule has 2 unspecified atom stereocenters. The lowest BCUT2D eigenvalue weighted by molar-refractivity contribution is -0.120. The van der Waals surface area contributed by atoms with E-state index in [-0.39, 0.29) is 46.9 Å². The van der Waals surface area contributed by atoms with E-state index in [0.717, 1.165) is 0 Å². The molecular formula is C18H18ClFI2N4O3. The molecule has 2 aliphatic rings. The zero-order valence-electron chi connectivity index (χ0n) is 15.6. The molecule has 11 heteroatoms. The van der Waals surface area contributed by atoms with Crippen LogP contribution in [0.2, 0.25) is 5.02 Å². The van der Waals surface area contributed by atoms with Crippen LogP contribution in [0.25, 0.3) is 10.9 Å². The van der Waals surface area contributed by atoms with Gasteiger partial charge in [0.15, 0.2) is 5.82 Å². The number of hydrogen-bond acceptors (Lipinski definition) is 5. The van der Waals surface area contributed by atoms with E-state index in [1.807, 2.05) is 11.8 Å². The molecule has 4 rings (SSSR count). The monoisotopic (exact) mass is 646 g/mol. The second-order valence-corrected chi connectivity index (χ2v) is 9.90. The third-order valence-electron chi connectivity index (χ3n) is 5.57. The standard InChI is InChI=1S/C18H18ClFI2N4O3/c1-8-6-24-12(7-25(8)21)17(28)23(3-4-27)16-15(24)10-5-11(19)9(2)13(20)14(10)26(22)18(16)29/h5,8,12,27H,3-4,6-7H2,1-2H3. The van der Waals surface area contributed by atoms with Crippen LogP contribution in [0, 0.1) is 12.7 Å². The van der Waals surface area contributed by atoms with E-state index in [1.165, 1.54) is 7.68 Å². The fourth-order valence-electron chi connectivity index (χ4n) is 4.05. The molecule has 1 amide bonds. The van der Waals surface area contributed by atoms with E-state index in [9.17, 15) is 14.7 Å². The molecule has 2 atom stereocenters. The minimum atomic E-state index is -0.551. The third-order valence-corrected chi connectivity index (χ3v) is 8.23. The van der Waals surface area contributed by atoms with Crippen LogP contribution in [0.4, 0.5) is 15.8 Å². The summed E-state index contributed by atoms with van der Waals surface area (Å²) in [5, 5.41) is 10.3. The fourth-order valence-corrected chi connectivity index (χ4v) is 5.49. The smallest absolute Gasteiger partial charge is 0.286 e. The van der Waals surface area contributed by atoms with Gasteiger partial charge in [-0.25, -0.2) is 10.3 Å².